The fourth-order valence-corrected chi connectivity index (χ4v) is 2.63. The summed E-state index contributed by atoms with van der Waals surface area (Å²) in [5, 5.41) is 4.72. The largest absolute Gasteiger partial charge is 0.361 e. The van der Waals surface area contributed by atoms with Crippen LogP contribution in [-0.4, -0.2) is 35.4 Å². The maximum absolute atomic E-state index is 11.5. The fraction of sp³-hybridized carbons (Fsp3) is 0.357. The number of carbonyl (C=O) groups excluding carboxylic acids is 1. The number of piperazine rings is 1. The van der Waals surface area contributed by atoms with Crippen molar-refractivity contribution in [2.45, 2.75) is 13.0 Å². The van der Waals surface area contributed by atoms with Gasteiger partial charge < -0.3 is 15.2 Å². The molecule has 94 valence electrons. The van der Waals surface area contributed by atoms with Gasteiger partial charge in [-0.15, -0.1) is 0 Å². The Morgan fingerprint density at radius 1 is 1.39 bits per heavy atom. The van der Waals surface area contributed by atoms with Crippen molar-refractivity contribution < 1.29 is 4.79 Å². The van der Waals surface area contributed by atoms with Gasteiger partial charge in [0.05, 0.1) is 6.04 Å². The number of carbonyl (C=O) groups is 1. The van der Waals surface area contributed by atoms with E-state index in [0.29, 0.717) is 0 Å². The number of aromatic nitrogens is 1. The summed E-state index contributed by atoms with van der Waals surface area (Å²) < 4.78 is 0. The van der Waals surface area contributed by atoms with Gasteiger partial charge in [-0.05, 0) is 11.6 Å². The molecule has 4 heteroatoms. The van der Waals surface area contributed by atoms with Crippen molar-refractivity contribution >= 4 is 16.8 Å². The second-order valence-electron chi connectivity index (χ2n) is 4.76. The number of rotatable bonds is 1. The van der Waals surface area contributed by atoms with Crippen molar-refractivity contribution in [1.82, 2.24) is 15.2 Å². The van der Waals surface area contributed by atoms with Gasteiger partial charge >= 0.3 is 0 Å². The molecule has 1 saturated heterocycles. The van der Waals surface area contributed by atoms with Gasteiger partial charge in [0.15, 0.2) is 0 Å². The molecule has 1 aromatic heterocycles. The molecule has 0 radical (unpaired) electrons. The molecule has 2 N–H and O–H groups in total. The van der Waals surface area contributed by atoms with Crippen molar-refractivity contribution in [1.29, 1.82) is 0 Å². The summed E-state index contributed by atoms with van der Waals surface area (Å²) in [6, 6.07) is 8.49. The van der Waals surface area contributed by atoms with E-state index in [1.54, 1.807) is 6.92 Å². The highest BCUT2D eigenvalue weighted by atomic mass is 16.2. The van der Waals surface area contributed by atoms with Crippen molar-refractivity contribution in [2.24, 2.45) is 0 Å². The van der Waals surface area contributed by atoms with E-state index >= 15 is 0 Å². The van der Waals surface area contributed by atoms with Crippen LogP contribution >= 0.6 is 0 Å². The van der Waals surface area contributed by atoms with Crippen LogP contribution in [0.4, 0.5) is 0 Å². The Kier molecular flexibility index (Phi) is 2.80. The third-order valence-electron chi connectivity index (χ3n) is 3.62. The molecule has 0 bridgehead atoms. The number of nitrogens with one attached hydrogen (secondary N) is 2. The van der Waals surface area contributed by atoms with E-state index in [2.05, 4.69) is 22.4 Å². The molecule has 18 heavy (non-hydrogen) atoms. The Hall–Kier alpha value is -1.81. The third-order valence-corrected chi connectivity index (χ3v) is 3.62. The lowest BCUT2D eigenvalue weighted by Crippen LogP contribution is -2.47. The highest BCUT2D eigenvalue weighted by Gasteiger charge is 2.23. The molecule has 4 nitrogen and oxygen atoms in total. The molecule has 0 aliphatic carbocycles. The van der Waals surface area contributed by atoms with E-state index in [-0.39, 0.29) is 11.9 Å². The van der Waals surface area contributed by atoms with Crippen LogP contribution in [0.3, 0.4) is 0 Å². The van der Waals surface area contributed by atoms with Crippen LogP contribution in [-0.2, 0) is 4.79 Å². The summed E-state index contributed by atoms with van der Waals surface area (Å²) in [5.41, 5.74) is 2.39. The molecule has 1 atom stereocenters. The number of hydrogen-bond acceptors (Lipinski definition) is 2. The van der Waals surface area contributed by atoms with E-state index in [9.17, 15) is 4.79 Å². The molecule has 2 heterocycles. The Morgan fingerprint density at radius 3 is 3.06 bits per heavy atom. The normalized spacial score (nSPS) is 20.3. The first-order chi connectivity index (χ1) is 8.75. The molecule has 1 aromatic carbocycles. The van der Waals surface area contributed by atoms with Gasteiger partial charge in [0.25, 0.3) is 0 Å². The minimum atomic E-state index is 0.154. The molecular weight excluding hydrogens is 226 g/mol. The van der Waals surface area contributed by atoms with Gasteiger partial charge in [-0.3, -0.25) is 4.79 Å². The Morgan fingerprint density at radius 2 is 2.22 bits per heavy atom. The number of aromatic amines is 1. The first-order valence-corrected chi connectivity index (χ1v) is 6.30. The molecule has 3 rings (SSSR count). The van der Waals surface area contributed by atoms with Crippen molar-refractivity contribution in [3.8, 4) is 0 Å². The smallest absolute Gasteiger partial charge is 0.219 e. The molecule has 1 unspecified atom stereocenters. The maximum Gasteiger partial charge on any atom is 0.219 e. The van der Waals surface area contributed by atoms with Crippen LogP contribution in [0.2, 0.25) is 0 Å². The zero-order valence-corrected chi connectivity index (χ0v) is 10.4. The number of nitrogens with zero attached hydrogens (tertiary/aromatic N) is 1. The van der Waals surface area contributed by atoms with Gasteiger partial charge in [-0.25, -0.2) is 0 Å². The van der Waals surface area contributed by atoms with Gasteiger partial charge in [-0.2, -0.15) is 0 Å². The van der Waals surface area contributed by atoms with Crippen molar-refractivity contribution in [2.75, 3.05) is 19.6 Å². The molecule has 0 saturated carbocycles. The molecule has 2 aromatic rings. The van der Waals surface area contributed by atoms with Gasteiger partial charge in [0, 0.05) is 43.7 Å². The third kappa shape index (κ3) is 1.88. The summed E-state index contributed by atoms with van der Waals surface area (Å²) >= 11 is 0. The molecule has 1 amide bonds. The number of benzene rings is 1. The van der Waals surface area contributed by atoms with Crippen LogP contribution in [0.25, 0.3) is 10.9 Å². The number of para-hydroxylation sites is 1. The van der Waals surface area contributed by atoms with Crippen LogP contribution in [0, 0.1) is 0 Å². The maximum atomic E-state index is 11.5. The lowest BCUT2D eigenvalue weighted by Gasteiger charge is -2.33. The van der Waals surface area contributed by atoms with Gasteiger partial charge in [-0.1, -0.05) is 18.2 Å². The monoisotopic (exact) mass is 243 g/mol. The van der Waals surface area contributed by atoms with Crippen LogP contribution in [0.15, 0.2) is 30.5 Å². The van der Waals surface area contributed by atoms with Crippen LogP contribution < -0.4 is 5.32 Å². The second-order valence-corrected chi connectivity index (χ2v) is 4.76. The van der Waals surface area contributed by atoms with Crippen molar-refractivity contribution in [3.05, 3.63) is 36.0 Å². The SMILES string of the molecule is CC(=O)N1CCNC(c2c[nH]c3ccccc23)C1. The van der Waals surface area contributed by atoms with Crippen LogP contribution in [0.5, 0.6) is 0 Å². The van der Waals surface area contributed by atoms with E-state index in [4.69, 9.17) is 0 Å². The summed E-state index contributed by atoms with van der Waals surface area (Å²) in [6.07, 6.45) is 2.05. The van der Waals surface area contributed by atoms with Gasteiger partial charge in [0.2, 0.25) is 5.91 Å². The number of H-pyrrole nitrogens is 1. The topological polar surface area (TPSA) is 48.1 Å². The second kappa shape index (κ2) is 4.46. The number of hydrogen-bond donors (Lipinski definition) is 2. The molecule has 1 aliphatic heterocycles. The summed E-state index contributed by atoms with van der Waals surface area (Å²) in [4.78, 5) is 16.7. The number of fused-ring (bicyclic) bond motifs is 1. The lowest BCUT2D eigenvalue weighted by atomic mass is 10.0. The standard InChI is InChI=1S/C14H17N3O/c1-10(18)17-7-6-15-14(9-17)12-8-16-13-5-3-2-4-11(12)13/h2-5,8,14-16H,6-7,9H2,1H3. The minimum Gasteiger partial charge on any atom is -0.361 e. The molecular formula is C14H17N3O. The zero-order chi connectivity index (χ0) is 12.5. The van der Waals surface area contributed by atoms with E-state index in [0.717, 1.165) is 25.2 Å². The van der Waals surface area contributed by atoms with Gasteiger partial charge in [0.1, 0.15) is 0 Å². The summed E-state index contributed by atoms with van der Waals surface area (Å²) in [6.45, 7) is 4.03. The molecule has 1 aliphatic rings. The van der Waals surface area contributed by atoms with Crippen LogP contribution in [0.1, 0.15) is 18.5 Å². The lowest BCUT2D eigenvalue weighted by molar-refractivity contribution is -0.130. The highest BCUT2D eigenvalue weighted by Crippen LogP contribution is 2.25. The van der Waals surface area contributed by atoms with E-state index in [1.807, 2.05) is 23.2 Å². The molecule has 1 fully saturated rings. The van der Waals surface area contributed by atoms with Crippen molar-refractivity contribution in [3.63, 3.8) is 0 Å². The first-order valence-electron chi connectivity index (χ1n) is 6.30. The van der Waals surface area contributed by atoms with E-state index < -0.39 is 0 Å². The summed E-state index contributed by atoms with van der Waals surface area (Å²) in [5.74, 6) is 0.154. The Labute approximate surface area is 106 Å². The predicted octanol–water partition coefficient (Wildman–Crippen LogP) is 1.66. The zero-order valence-electron chi connectivity index (χ0n) is 10.4. The Balaban J connectivity index is 1.92. The average molecular weight is 243 g/mol. The number of amides is 1. The quantitative estimate of drug-likeness (QED) is 0.800. The summed E-state index contributed by atoms with van der Waals surface area (Å²) in [7, 11) is 0. The Bertz CT molecular complexity index is 575. The average Bonchev–Trinajstić information content (AvgIpc) is 2.82. The first kappa shape index (κ1) is 11.3. The minimum absolute atomic E-state index is 0.154. The van der Waals surface area contributed by atoms with E-state index in [1.165, 1.54) is 10.9 Å². The predicted molar refractivity (Wildman–Crippen MR) is 71.3 cm³/mol. The highest BCUT2D eigenvalue weighted by molar-refractivity contribution is 5.83. The molecule has 0 spiro atoms. The fourth-order valence-electron chi connectivity index (χ4n) is 2.63.